The van der Waals surface area contributed by atoms with Crippen LogP contribution in [0.3, 0.4) is 0 Å². The first-order chi connectivity index (χ1) is 9.81. The Morgan fingerprint density at radius 3 is 2.81 bits per heavy atom. The molecule has 0 bridgehead atoms. The number of pyridine rings is 1. The molecule has 0 saturated heterocycles. The third kappa shape index (κ3) is 3.58. The number of nitrogens with zero attached hydrogens (tertiary/aromatic N) is 1. The summed E-state index contributed by atoms with van der Waals surface area (Å²) in [5, 5.41) is 0. The first-order valence-electron chi connectivity index (χ1n) is 5.95. The molecule has 0 aliphatic carbocycles. The third-order valence-electron chi connectivity index (χ3n) is 2.93. The minimum Gasteiger partial charge on any atom is -0.398 e. The van der Waals surface area contributed by atoms with E-state index in [2.05, 4.69) is 25.6 Å². The number of nitrogens with one attached hydrogen (secondary N) is 1. The van der Waals surface area contributed by atoms with Crippen molar-refractivity contribution < 1.29 is 12.8 Å². The number of halogens is 2. The highest BCUT2D eigenvalue weighted by molar-refractivity contribution is 9.10. The van der Waals surface area contributed by atoms with Crippen molar-refractivity contribution in [2.75, 3.05) is 5.73 Å². The van der Waals surface area contributed by atoms with Gasteiger partial charge in [0.15, 0.2) is 0 Å². The predicted molar refractivity (Wildman–Crippen MR) is 81.5 cm³/mol. The Morgan fingerprint density at radius 1 is 1.43 bits per heavy atom. The molecule has 5 nitrogen and oxygen atoms in total. The van der Waals surface area contributed by atoms with Crippen LogP contribution in [-0.4, -0.2) is 13.4 Å². The van der Waals surface area contributed by atoms with Gasteiger partial charge in [0.25, 0.3) is 0 Å². The fourth-order valence-electron chi connectivity index (χ4n) is 1.73. The van der Waals surface area contributed by atoms with Gasteiger partial charge in [-0.25, -0.2) is 17.5 Å². The summed E-state index contributed by atoms with van der Waals surface area (Å²) in [5.74, 6) is -0.614. The van der Waals surface area contributed by atoms with Crippen LogP contribution in [0.5, 0.6) is 0 Å². The number of nitrogens with two attached hydrogens (primary N) is 1. The third-order valence-corrected chi connectivity index (χ3v) is 5.00. The van der Waals surface area contributed by atoms with Crippen LogP contribution in [0.15, 0.2) is 40.0 Å². The lowest BCUT2D eigenvalue weighted by molar-refractivity contribution is 0.580. The summed E-state index contributed by atoms with van der Waals surface area (Å²) < 4.78 is 40.3. The number of sulfonamides is 1. The summed E-state index contributed by atoms with van der Waals surface area (Å²) in [6.45, 7) is 1.94. The maximum atomic E-state index is 13.3. The monoisotopic (exact) mass is 373 g/mol. The van der Waals surface area contributed by atoms with E-state index in [4.69, 9.17) is 5.73 Å². The van der Waals surface area contributed by atoms with E-state index in [0.717, 1.165) is 23.3 Å². The Kier molecular flexibility index (Phi) is 4.60. The van der Waals surface area contributed by atoms with E-state index in [1.54, 1.807) is 18.5 Å². The Morgan fingerprint density at radius 2 is 2.14 bits per heavy atom. The van der Waals surface area contributed by atoms with Gasteiger partial charge in [-0.05, 0) is 52.2 Å². The molecular formula is C13H13BrFN3O2S. The van der Waals surface area contributed by atoms with Crippen LogP contribution in [0, 0.1) is 12.7 Å². The van der Waals surface area contributed by atoms with E-state index in [1.165, 1.54) is 0 Å². The fraction of sp³-hybridized carbons (Fsp3) is 0.154. The number of aryl methyl sites for hydroxylation is 1. The number of hydrogen-bond acceptors (Lipinski definition) is 4. The lowest BCUT2D eigenvalue weighted by Gasteiger charge is -2.11. The number of anilines is 1. The highest BCUT2D eigenvalue weighted by Gasteiger charge is 2.19. The lowest BCUT2D eigenvalue weighted by Crippen LogP contribution is -2.24. The second kappa shape index (κ2) is 6.08. The van der Waals surface area contributed by atoms with Crippen LogP contribution in [0.1, 0.15) is 11.1 Å². The second-order valence-electron chi connectivity index (χ2n) is 4.43. The van der Waals surface area contributed by atoms with Crippen LogP contribution in [0.25, 0.3) is 0 Å². The van der Waals surface area contributed by atoms with Crippen molar-refractivity contribution in [1.29, 1.82) is 0 Å². The van der Waals surface area contributed by atoms with Crippen molar-refractivity contribution in [2.45, 2.75) is 18.4 Å². The van der Waals surface area contributed by atoms with Crippen molar-refractivity contribution in [3.63, 3.8) is 0 Å². The summed E-state index contributed by atoms with van der Waals surface area (Å²) >= 11 is 2.95. The quantitative estimate of drug-likeness (QED) is 0.805. The van der Waals surface area contributed by atoms with Gasteiger partial charge < -0.3 is 5.73 Å². The molecule has 112 valence electrons. The van der Waals surface area contributed by atoms with Crippen molar-refractivity contribution >= 4 is 31.6 Å². The summed E-state index contributed by atoms with van der Waals surface area (Å²) in [5.41, 5.74) is 7.11. The molecule has 0 aliphatic heterocycles. The van der Waals surface area contributed by atoms with Gasteiger partial charge in [0.2, 0.25) is 10.0 Å². The minimum absolute atomic E-state index is 0.0390. The largest absolute Gasteiger partial charge is 0.398 e. The van der Waals surface area contributed by atoms with Gasteiger partial charge in [-0.1, -0.05) is 0 Å². The molecule has 0 amide bonds. The SMILES string of the molecule is Cc1cnccc1CNS(=O)(=O)c1cc(Br)c(F)cc1N. The van der Waals surface area contributed by atoms with E-state index in [9.17, 15) is 12.8 Å². The Labute approximate surface area is 130 Å². The zero-order chi connectivity index (χ0) is 15.6. The number of benzene rings is 1. The smallest absolute Gasteiger partial charge is 0.242 e. The maximum Gasteiger partial charge on any atom is 0.242 e. The number of aromatic nitrogens is 1. The summed E-state index contributed by atoms with van der Waals surface area (Å²) in [7, 11) is -3.84. The predicted octanol–water partition coefficient (Wildman–Crippen LogP) is 2.35. The Bertz CT molecular complexity index is 781. The molecule has 0 aliphatic rings. The first-order valence-corrected chi connectivity index (χ1v) is 8.22. The van der Waals surface area contributed by atoms with E-state index < -0.39 is 15.8 Å². The van der Waals surface area contributed by atoms with Crippen molar-refractivity contribution in [1.82, 2.24) is 9.71 Å². The van der Waals surface area contributed by atoms with Gasteiger partial charge in [-0.15, -0.1) is 0 Å². The van der Waals surface area contributed by atoms with Gasteiger partial charge in [0.05, 0.1) is 10.2 Å². The van der Waals surface area contributed by atoms with Crippen LogP contribution >= 0.6 is 15.9 Å². The van der Waals surface area contributed by atoms with Crippen molar-refractivity contribution in [2.24, 2.45) is 0 Å². The molecule has 0 atom stereocenters. The molecule has 1 heterocycles. The lowest BCUT2D eigenvalue weighted by atomic mass is 10.2. The molecule has 0 radical (unpaired) electrons. The fourth-order valence-corrected chi connectivity index (χ4v) is 3.37. The van der Waals surface area contributed by atoms with Crippen LogP contribution in [0.4, 0.5) is 10.1 Å². The summed E-state index contributed by atoms with van der Waals surface area (Å²) in [4.78, 5) is 3.77. The van der Waals surface area contributed by atoms with Gasteiger partial charge in [0.1, 0.15) is 10.7 Å². The van der Waals surface area contributed by atoms with Crippen LogP contribution < -0.4 is 10.5 Å². The molecule has 1 aromatic carbocycles. The highest BCUT2D eigenvalue weighted by atomic mass is 79.9. The first kappa shape index (κ1) is 15.9. The standard InChI is InChI=1S/C13H13BrFN3O2S/c1-8-6-17-3-2-9(8)7-18-21(19,20)13-4-10(14)11(15)5-12(13)16/h2-6,18H,7,16H2,1H3. The molecule has 0 unspecified atom stereocenters. The minimum atomic E-state index is -3.84. The topological polar surface area (TPSA) is 85.1 Å². The molecule has 0 spiro atoms. The van der Waals surface area contributed by atoms with E-state index >= 15 is 0 Å². The summed E-state index contributed by atoms with van der Waals surface area (Å²) in [6, 6.07) is 3.84. The van der Waals surface area contributed by atoms with E-state index in [0.29, 0.717) is 0 Å². The number of rotatable bonds is 4. The molecule has 2 rings (SSSR count). The average molecular weight is 374 g/mol. The van der Waals surface area contributed by atoms with Gasteiger partial charge >= 0.3 is 0 Å². The van der Waals surface area contributed by atoms with E-state index in [1.807, 2.05) is 6.92 Å². The number of nitrogen functional groups attached to an aromatic ring is 1. The molecule has 3 N–H and O–H groups in total. The van der Waals surface area contributed by atoms with Gasteiger partial charge in [-0.3, -0.25) is 4.98 Å². The van der Waals surface area contributed by atoms with Crippen molar-refractivity contribution in [3.05, 3.63) is 52.0 Å². The van der Waals surface area contributed by atoms with Gasteiger partial charge in [0, 0.05) is 18.9 Å². The molecular weight excluding hydrogens is 361 g/mol. The number of hydrogen-bond donors (Lipinski definition) is 2. The molecule has 1 aromatic heterocycles. The van der Waals surface area contributed by atoms with Crippen molar-refractivity contribution in [3.8, 4) is 0 Å². The molecule has 21 heavy (non-hydrogen) atoms. The summed E-state index contributed by atoms with van der Waals surface area (Å²) in [6.07, 6.45) is 3.23. The molecule has 0 fully saturated rings. The zero-order valence-electron chi connectivity index (χ0n) is 11.1. The maximum absolute atomic E-state index is 13.3. The Hall–Kier alpha value is -1.51. The highest BCUT2D eigenvalue weighted by Crippen LogP contribution is 2.26. The van der Waals surface area contributed by atoms with Crippen LogP contribution in [0.2, 0.25) is 0 Å². The molecule has 0 saturated carbocycles. The van der Waals surface area contributed by atoms with Crippen LogP contribution in [-0.2, 0) is 16.6 Å². The van der Waals surface area contributed by atoms with E-state index in [-0.39, 0.29) is 21.6 Å². The molecule has 8 heteroatoms. The Balaban J connectivity index is 2.27. The normalized spacial score (nSPS) is 11.6. The second-order valence-corrected chi connectivity index (χ2v) is 7.02. The molecule has 2 aromatic rings. The van der Waals surface area contributed by atoms with Gasteiger partial charge in [-0.2, -0.15) is 0 Å². The average Bonchev–Trinajstić information content (AvgIpc) is 2.42. The zero-order valence-corrected chi connectivity index (χ0v) is 13.5.